The van der Waals surface area contributed by atoms with Crippen LogP contribution in [0.5, 0.6) is 17.2 Å². The van der Waals surface area contributed by atoms with E-state index in [-0.39, 0.29) is 30.1 Å². The Morgan fingerprint density at radius 3 is 2.44 bits per heavy atom. The summed E-state index contributed by atoms with van der Waals surface area (Å²) in [6.07, 6.45) is 1.71. The van der Waals surface area contributed by atoms with Crippen LogP contribution in [0.3, 0.4) is 0 Å². The Morgan fingerprint density at radius 1 is 1.02 bits per heavy atom. The lowest BCUT2D eigenvalue weighted by molar-refractivity contribution is -0.139. The summed E-state index contributed by atoms with van der Waals surface area (Å²) in [5.74, 6) is -1.04. The standard InChI is InChI=1S/C32H28F2N2O6S/c1-5-41-31(38)28-18(2)35-32-36(29(28)20-7-10-23(39-3)11-8-20)30(37)27(43-32)15-19-6-12-25(40-4)21(14-19)17-42-26-13-9-22(33)16-24(26)34/h6-16,29H,5,17H2,1-4H3/b27-15-/t29-/m1/s1. The van der Waals surface area contributed by atoms with Crippen LogP contribution in [0.2, 0.25) is 0 Å². The number of halogens is 2. The van der Waals surface area contributed by atoms with Gasteiger partial charge in [-0.15, -0.1) is 0 Å². The van der Waals surface area contributed by atoms with Crippen LogP contribution in [0.15, 0.2) is 81.7 Å². The Morgan fingerprint density at radius 2 is 1.77 bits per heavy atom. The Bertz CT molecular complexity index is 1900. The Labute approximate surface area is 249 Å². The van der Waals surface area contributed by atoms with Gasteiger partial charge in [-0.05, 0) is 67.4 Å². The van der Waals surface area contributed by atoms with Crippen LogP contribution in [0.1, 0.15) is 36.6 Å². The number of ether oxygens (including phenoxy) is 4. The highest BCUT2D eigenvalue weighted by Crippen LogP contribution is 2.32. The molecule has 0 saturated carbocycles. The van der Waals surface area contributed by atoms with Gasteiger partial charge in [0.15, 0.2) is 16.4 Å². The Kier molecular flexibility index (Phi) is 8.72. The van der Waals surface area contributed by atoms with Crippen molar-refractivity contribution in [3.8, 4) is 17.2 Å². The molecule has 2 heterocycles. The Balaban J connectivity index is 1.57. The van der Waals surface area contributed by atoms with Crippen molar-refractivity contribution < 1.29 is 32.5 Å². The molecule has 0 amide bonds. The molecule has 0 saturated heterocycles. The van der Waals surface area contributed by atoms with Gasteiger partial charge in [0.25, 0.3) is 5.56 Å². The number of carbonyl (C=O) groups excluding carboxylic acids is 1. The maximum Gasteiger partial charge on any atom is 0.338 e. The van der Waals surface area contributed by atoms with Gasteiger partial charge in [0.2, 0.25) is 0 Å². The second-order valence-corrected chi connectivity index (χ2v) is 10.5. The molecule has 1 aliphatic rings. The van der Waals surface area contributed by atoms with Crippen molar-refractivity contribution in [2.24, 2.45) is 4.99 Å². The fraction of sp³-hybridized carbons (Fsp3) is 0.219. The molecule has 0 radical (unpaired) electrons. The van der Waals surface area contributed by atoms with Crippen molar-refractivity contribution in [2.75, 3.05) is 20.8 Å². The van der Waals surface area contributed by atoms with Crippen molar-refractivity contribution in [1.29, 1.82) is 0 Å². The van der Waals surface area contributed by atoms with Gasteiger partial charge >= 0.3 is 5.97 Å². The number of allylic oxidation sites excluding steroid dienone is 1. The van der Waals surface area contributed by atoms with Gasteiger partial charge in [0, 0.05) is 11.6 Å². The number of fused-ring (bicyclic) bond motifs is 1. The largest absolute Gasteiger partial charge is 0.497 e. The topological polar surface area (TPSA) is 88.4 Å². The molecule has 43 heavy (non-hydrogen) atoms. The molecule has 1 aromatic heterocycles. The summed E-state index contributed by atoms with van der Waals surface area (Å²) in [6.45, 7) is 3.55. The molecule has 222 valence electrons. The summed E-state index contributed by atoms with van der Waals surface area (Å²) in [7, 11) is 3.06. The Hall–Kier alpha value is -4.77. The van der Waals surface area contributed by atoms with E-state index >= 15 is 0 Å². The predicted octanol–water partition coefficient (Wildman–Crippen LogP) is 4.67. The second kappa shape index (κ2) is 12.6. The number of carbonyl (C=O) groups is 1. The van der Waals surface area contributed by atoms with Crippen molar-refractivity contribution >= 4 is 23.4 Å². The van der Waals surface area contributed by atoms with Gasteiger partial charge in [0.05, 0.1) is 42.7 Å². The van der Waals surface area contributed by atoms with Crippen LogP contribution in [0, 0.1) is 11.6 Å². The lowest BCUT2D eigenvalue weighted by atomic mass is 9.96. The summed E-state index contributed by atoms with van der Waals surface area (Å²) in [5.41, 5.74) is 2.35. The van der Waals surface area contributed by atoms with Crippen LogP contribution in [-0.4, -0.2) is 31.4 Å². The van der Waals surface area contributed by atoms with E-state index < -0.39 is 23.6 Å². The highest BCUT2D eigenvalue weighted by atomic mass is 32.1. The first-order valence-corrected chi connectivity index (χ1v) is 14.1. The minimum absolute atomic E-state index is 0.0613. The number of nitrogens with zero attached hydrogens (tertiary/aromatic N) is 2. The van der Waals surface area contributed by atoms with E-state index in [4.69, 9.17) is 18.9 Å². The van der Waals surface area contributed by atoms with Crippen molar-refractivity contribution in [3.63, 3.8) is 0 Å². The quantitative estimate of drug-likeness (QED) is 0.258. The van der Waals surface area contributed by atoms with E-state index in [0.717, 1.165) is 12.1 Å². The van der Waals surface area contributed by atoms with Gasteiger partial charge in [-0.25, -0.2) is 18.6 Å². The van der Waals surface area contributed by atoms with Gasteiger partial charge in [-0.2, -0.15) is 0 Å². The average molecular weight is 607 g/mol. The molecule has 1 aliphatic heterocycles. The van der Waals surface area contributed by atoms with Crippen LogP contribution < -0.4 is 29.1 Å². The normalized spacial score (nSPS) is 14.7. The molecule has 0 N–H and O–H groups in total. The van der Waals surface area contributed by atoms with Gasteiger partial charge in [-0.1, -0.05) is 29.5 Å². The summed E-state index contributed by atoms with van der Waals surface area (Å²) in [5, 5.41) is 0. The number of hydrogen-bond donors (Lipinski definition) is 0. The molecule has 1 atom stereocenters. The molecule has 5 rings (SSSR count). The number of esters is 1. The third-order valence-corrected chi connectivity index (χ3v) is 7.81. The molecule has 4 aromatic rings. The summed E-state index contributed by atoms with van der Waals surface area (Å²) in [6, 6.07) is 14.7. The molecule has 0 bridgehead atoms. The molecule has 0 spiro atoms. The maximum absolute atomic E-state index is 14.1. The van der Waals surface area contributed by atoms with E-state index in [9.17, 15) is 18.4 Å². The lowest BCUT2D eigenvalue weighted by Crippen LogP contribution is -2.39. The van der Waals surface area contributed by atoms with Gasteiger partial charge in [-0.3, -0.25) is 9.36 Å². The van der Waals surface area contributed by atoms with Crippen LogP contribution in [0.25, 0.3) is 6.08 Å². The fourth-order valence-corrected chi connectivity index (χ4v) is 5.84. The SMILES string of the molecule is CCOC(=O)C1=C(C)N=c2s/c(=C\c3ccc(OC)c(COc4ccc(F)cc4F)c3)c(=O)n2[C@@H]1c1ccc(OC)cc1. The van der Waals surface area contributed by atoms with Gasteiger partial charge < -0.3 is 18.9 Å². The van der Waals surface area contributed by atoms with Crippen molar-refractivity contribution in [3.05, 3.63) is 120 Å². The zero-order chi connectivity index (χ0) is 30.7. The zero-order valence-corrected chi connectivity index (χ0v) is 24.7. The second-order valence-electron chi connectivity index (χ2n) is 9.51. The summed E-state index contributed by atoms with van der Waals surface area (Å²) >= 11 is 1.19. The van der Waals surface area contributed by atoms with E-state index in [1.54, 1.807) is 69.5 Å². The first-order valence-electron chi connectivity index (χ1n) is 13.3. The minimum Gasteiger partial charge on any atom is -0.497 e. The number of methoxy groups -OCH3 is 2. The van der Waals surface area contributed by atoms with Crippen molar-refractivity contribution in [2.45, 2.75) is 26.5 Å². The molecule has 0 unspecified atom stereocenters. The summed E-state index contributed by atoms with van der Waals surface area (Å²) < 4.78 is 51.0. The third-order valence-electron chi connectivity index (χ3n) is 6.83. The van der Waals surface area contributed by atoms with Crippen LogP contribution in [-0.2, 0) is 16.1 Å². The fourth-order valence-electron chi connectivity index (χ4n) is 4.79. The number of thiazole rings is 1. The molecule has 0 aliphatic carbocycles. The highest BCUT2D eigenvalue weighted by Gasteiger charge is 2.33. The van der Waals surface area contributed by atoms with E-state index in [0.29, 0.717) is 43.2 Å². The van der Waals surface area contributed by atoms with E-state index in [2.05, 4.69) is 4.99 Å². The number of benzene rings is 3. The third kappa shape index (κ3) is 6.07. The molecule has 11 heteroatoms. The molecule has 8 nitrogen and oxygen atoms in total. The summed E-state index contributed by atoms with van der Waals surface area (Å²) in [4.78, 5) is 32.0. The molecule has 0 fully saturated rings. The predicted molar refractivity (Wildman–Crippen MR) is 157 cm³/mol. The lowest BCUT2D eigenvalue weighted by Gasteiger charge is -2.24. The highest BCUT2D eigenvalue weighted by molar-refractivity contribution is 7.07. The van der Waals surface area contributed by atoms with E-state index in [1.165, 1.54) is 29.1 Å². The smallest absolute Gasteiger partial charge is 0.338 e. The monoisotopic (exact) mass is 606 g/mol. The zero-order valence-electron chi connectivity index (χ0n) is 23.9. The first-order chi connectivity index (χ1) is 20.7. The number of aromatic nitrogens is 1. The molecular formula is C32H28F2N2O6S. The van der Waals surface area contributed by atoms with Gasteiger partial charge in [0.1, 0.15) is 23.9 Å². The molecule has 3 aromatic carbocycles. The maximum atomic E-state index is 14.1. The minimum atomic E-state index is -0.819. The van der Waals surface area contributed by atoms with Crippen molar-refractivity contribution in [1.82, 2.24) is 4.57 Å². The number of rotatable bonds is 9. The molecular weight excluding hydrogens is 578 g/mol. The average Bonchev–Trinajstić information content (AvgIpc) is 3.30. The first kappa shape index (κ1) is 29.7. The van der Waals surface area contributed by atoms with E-state index in [1.807, 2.05) is 0 Å². The van der Waals surface area contributed by atoms with Crippen LogP contribution >= 0.6 is 11.3 Å². The van der Waals surface area contributed by atoms with Crippen LogP contribution in [0.4, 0.5) is 8.78 Å². The number of hydrogen-bond acceptors (Lipinski definition) is 8.